The summed E-state index contributed by atoms with van der Waals surface area (Å²) in [5.74, 6) is -0.126. The van der Waals surface area contributed by atoms with Gasteiger partial charge in [-0.2, -0.15) is 4.31 Å². The van der Waals surface area contributed by atoms with Gasteiger partial charge in [0.05, 0.1) is 6.42 Å². The maximum absolute atomic E-state index is 12.6. The van der Waals surface area contributed by atoms with Crippen molar-refractivity contribution in [3.8, 4) is 5.75 Å². The lowest BCUT2D eigenvalue weighted by molar-refractivity contribution is -0.133. The number of urea groups is 1. The van der Waals surface area contributed by atoms with Crippen molar-refractivity contribution < 1.29 is 22.7 Å². The minimum Gasteiger partial charge on any atom is -0.426 e. The van der Waals surface area contributed by atoms with Gasteiger partial charge in [0.2, 0.25) is 0 Å². The molecule has 168 valence electrons. The van der Waals surface area contributed by atoms with Gasteiger partial charge >= 0.3 is 12.0 Å². The number of nitrogens with one attached hydrogen (secondary N) is 1. The van der Waals surface area contributed by atoms with Gasteiger partial charge in [0.25, 0.3) is 10.0 Å². The summed E-state index contributed by atoms with van der Waals surface area (Å²) in [7, 11) is -1.82. The number of sulfonamides is 1. The van der Waals surface area contributed by atoms with Crippen LogP contribution in [0.2, 0.25) is 0 Å². The molecule has 0 unspecified atom stereocenters. The van der Waals surface area contributed by atoms with Gasteiger partial charge in [-0.25, -0.2) is 13.2 Å². The van der Waals surface area contributed by atoms with Crippen molar-refractivity contribution in [3.05, 3.63) is 41.3 Å². The van der Waals surface area contributed by atoms with Gasteiger partial charge in [-0.1, -0.05) is 0 Å². The molecule has 1 aliphatic rings. The molecule has 10 heteroatoms. The molecule has 1 aliphatic heterocycles. The normalized spacial score (nSPS) is 14.6. The molecule has 1 N–H and O–H groups in total. The minimum atomic E-state index is -3.48. The number of thiophene rings is 1. The number of esters is 1. The Balaban J connectivity index is 1.58. The molecule has 0 bridgehead atoms. The van der Waals surface area contributed by atoms with E-state index in [2.05, 4.69) is 5.32 Å². The van der Waals surface area contributed by atoms with E-state index in [-0.39, 0.29) is 22.7 Å². The lowest BCUT2D eigenvalue weighted by Crippen LogP contribution is -2.40. The maximum atomic E-state index is 12.6. The molecule has 0 aliphatic carbocycles. The lowest BCUT2D eigenvalue weighted by Gasteiger charge is -2.20. The first-order chi connectivity index (χ1) is 14.7. The fourth-order valence-corrected chi connectivity index (χ4v) is 6.17. The van der Waals surface area contributed by atoms with E-state index in [0.29, 0.717) is 29.4 Å². The standard InChI is InChI=1S/C21H27N3O5S2/c1-15(2)22-21(26)23(3)16-6-8-17(9-7-16)29-19(25)14-18-10-11-20(30-18)31(27,28)24-12-4-5-13-24/h6-11,15H,4-5,12-14H2,1-3H3,(H,22,26). The van der Waals surface area contributed by atoms with Crippen LogP contribution in [0.25, 0.3) is 0 Å². The van der Waals surface area contributed by atoms with Crippen molar-refractivity contribution in [1.29, 1.82) is 0 Å². The van der Waals surface area contributed by atoms with Gasteiger partial charge in [0.1, 0.15) is 9.96 Å². The van der Waals surface area contributed by atoms with E-state index in [1.807, 2.05) is 13.8 Å². The molecule has 0 saturated carbocycles. The summed E-state index contributed by atoms with van der Waals surface area (Å²) in [6.45, 7) is 4.85. The van der Waals surface area contributed by atoms with Gasteiger partial charge < -0.3 is 10.1 Å². The Kier molecular flexibility index (Phi) is 7.34. The zero-order valence-corrected chi connectivity index (χ0v) is 19.5. The summed E-state index contributed by atoms with van der Waals surface area (Å²) in [6, 6.07) is 9.61. The molecule has 0 atom stereocenters. The molecule has 2 amide bonds. The molecule has 2 aromatic rings. The second-order valence-electron chi connectivity index (χ2n) is 7.64. The van der Waals surface area contributed by atoms with Crippen LogP contribution in [0.1, 0.15) is 31.6 Å². The molecule has 0 radical (unpaired) electrons. The maximum Gasteiger partial charge on any atom is 0.321 e. The summed E-state index contributed by atoms with van der Waals surface area (Å²) in [4.78, 5) is 26.5. The third-order valence-electron chi connectivity index (χ3n) is 4.79. The van der Waals surface area contributed by atoms with Crippen molar-refractivity contribution in [2.45, 2.75) is 43.4 Å². The Hall–Kier alpha value is -2.43. The predicted octanol–water partition coefficient (Wildman–Crippen LogP) is 3.23. The minimum absolute atomic E-state index is 0.0152. The number of nitrogens with zero attached hydrogens (tertiary/aromatic N) is 2. The van der Waals surface area contributed by atoms with Crippen molar-refractivity contribution in [1.82, 2.24) is 9.62 Å². The molecule has 0 spiro atoms. The molecule has 1 saturated heterocycles. The molecule has 31 heavy (non-hydrogen) atoms. The number of hydrogen-bond donors (Lipinski definition) is 1. The molecule has 1 aromatic heterocycles. The highest BCUT2D eigenvalue weighted by atomic mass is 32.2. The third-order valence-corrected chi connectivity index (χ3v) is 8.24. The second-order valence-corrected chi connectivity index (χ2v) is 11.0. The number of ether oxygens (including phenoxy) is 1. The lowest BCUT2D eigenvalue weighted by atomic mass is 10.3. The highest BCUT2D eigenvalue weighted by Gasteiger charge is 2.28. The van der Waals surface area contributed by atoms with Crippen LogP contribution in [0.3, 0.4) is 0 Å². The van der Waals surface area contributed by atoms with Crippen LogP contribution in [-0.2, 0) is 21.2 Å². The van der Waals surface area contributed by atoms with E-state index in [1.54, 1.807) is 43.4 Å². The molecule has 2 heterocycles. The molecule has 8 nitrogen and oxygen atoms in total. The van der Waals surface area contributed by atoms with Crippen LogP contribution < -0.4 is 15.0 Å². The van der Waals surface area contributed by atoms with Crippen LogP contribution in [0.15, 0.2) is 40.6 Å². The van der Waals surface area contributed by atoms with Gasteiger partial charge in [0.15, 0.2) is 0 Å². The fraction of sp³-hybridized carbons (Fsp3) is 0.429. The Morgan fingerprint density at radius 2 is 1.77 bits per heavy atom. The highest BCUT2D eigenvalue weighted by molar-refractivity contribution is 7.91. The number of anilines is 1. The van der Waals surface area contributed by atoms with Crippen LogP contribution in [0.4, 0.5) is 10.5 Å². The molecule has 1 aromatic carbocycles. The van der Waals surface area contributed by atoms with E-state index in [9.17, 15) is 18.0 Å². The van der Waals surface area contributed by atoms with Crippen molar-refractivity contribution >= 4 is 39.0 Å². The molecule has 1 fully saturated rings. The number of carbonyl (C=O) groups is 2. The van der Waals surface area contributed by atoms with Gasteiger partial charge in [0, 0.05) is 36.7 Å². The SMILES string of the molecule is CC(C)NC(=O)N(C)c1ccc(OC(=O)Cc2ccc(S(=O)(=O)N3CCCC3)s2)cc1. The summed E-state index contributed by atoms with van der Waals surface area (Å²) in [6.07, 6.45) is 1.74. The van der Waals surface area contributed by atoms with Gasteiger partial charge in [-0.3, -0.25) is 9.69 Å². The van der Waals surface area contributed by atoms with E-state index in [4.69, 9.17) is 4.74 Å². The van der Waals surface area contributed by atoms with E-state index in [0.717, 1.165) is 24.2 Å². The first-order valence-corrected chi connectivity index (χ1v) is 12.4. The Bertz CT molecular complexity index is 1030. The van der Waals surface area contributed by atoms with Crippen molar-refractivity contribution in [3.63, 3.8) is 0 Å². The summed E-state index contributed by atoms with van der Waals surface area (Å²) < 4.78 is 32.3. The van der Waals surface area contributed by atoms with Gasteiger partial charge in [-0.15, -0.1) is 11.3 Å². The van der Waals surface area contributed by atoms with Crippen LogP contribution >= 0.6 is 11.3 Å². The van der Waals surface area contributed by atoms with E-state index in [1.165, 1.54) is 9.21 Å². The summed E-state index contributed by atoms with van der Waals surface area (Å²) >= 11 is 1.10. The Morgan fingerprint density at radius 1 is 1.13 bits per heavy atom. The third kappa shape index (κ3) is 5.84. The number of carbonyl (C=O) groups excluding carboxylic acids is 2. The van der Waals surface area contributed by atoms with Crippen molar-refractivity contribution in [2.75, 3.05) is 25.0 Å². The van der Waals surface area contributed by atoms with E-state index >= 15 is 0 Å². The summed E-state index contributed by atoms with van der Waals surface area (Å²) in [5, 5.41) is 2.80. The number of benzene rings is 1. The first-order valence-electron chi connectivity index (χ1n) is 10.1. The monoisotopic (exact) mass is 465 g/mol. The molecule has 3 rings (SSSR count). The first kappa shape index (κ1) is 23.2. The van der Waals surface area contributed by atoms with Crippen molar-refractivity contribution in [2.24, 2.45) is 0 Å². The number of rotatable bonds is 7. The smallest absolute Gasteiger partial charge is 0.321 e. The van der Waals surface area contributed by atoms with Gasteiger partial charge in [-0.05, 0) is 63.1 Å². The number of amides is 2. The zero-order chi connectivity index (χ0) is 22.6. The van der Waals surface area contributed by atoms with E-state index < -0.39 is 16.0 Å². The average molecular weight is 466 g/mol. The van der Waals surface area contributed by atoms with Crippen LogP contribution in [0.5, 0.6) is 5.75 Å². The zero-order valence-electron chi connectivity index (χ0n) is 17.8. The number of hydrogen-bond acceptors (Lipinski definition) is 6. The predicted molar refractivity (Wildman–Crippen MR) is 120 cm³/mol. The second kappa shape index (κ2) is 9.80. The summed E-state index contributed by atoms with van der Waals surface area (Å²) in [5.41, 5.74) is 0.660. The average Bonchev–Trinajstić information content (AvgIpc) is 3.40. The largest absolute Gasteiger partial charge is 0.426 e. The quantitative estimate of drug-likeness (QED) is 0.500. The highest BCUT2D eigenvalue weighted by Crippen LogP contribution is 2.28. The van der Waals surface area contributed by atoms with Crippen LogP contribution in [-0.4, -0.2) is 50.9 Å². The fourth-order valence-electron chi connectivity index (χ4n) is 3.16. The molecular weight excluding hydrogens is 438 g/mol. The topological polar surface area (TPSA) is 96.0 Å². The Morgan fingerprint density at radius 3 is 2.39 bits per heavy atom. The van der Waals surface area contributed by atoms with Crippen LogP contribution in [0, 0.1) is 0 Å². The molecular formula is C21H27N3O5S2. The Labute approximate surface area is 186 Å².